The van der Waals surface area contributed by atoms with Crippen LogP contribution < -0.4 is 5.73 Å². The topological polar surface area (TPSA) is 63.4 Å². The van der Waals surface area contributed by atoms with Crippen molar-refractivity contribution in [3.05, 3.63) is 0 Å². The highest BCUT2D eigenvalue weighted by Crippen LogP contribution is 2.45. The van der Waals surface area contributed by atoms with Gasteiger partial charge in [-0.3, -0.25) is 14.5 Å². The summed E-state index contributed by atoms with van der Waals surface area (Å²) in [7, 11) is 0. The van der Waals surface area contributed by atoms with Crippen LogP contribution in [0.4, 0.5) is 0 Å². The van der Waals surface area contributed by atoms with Gasteiger partial charge in [-0.25, -0.2) is 0 Å². The molecule has 0 aromatic rings. The van der Waals surface area contributed by atoms with E-state index in [2.05, 4.69) is 0 Å². The maximum atomic E-state index is 12.6. The van der Waals surface area contributed by atoms with Crippen molar-refractivity contribution in [2.45, 2.75) is 56.9 Å². The lowest BCUT2D eigenvalue weighted by molar-refractivity contribution is -0.144. The van der Waals surface area contributed by atoms with E-state index >= 15 is 0 Å². The quantitative estimate of drug-likeness (QED) is 0.618. The molecule has 1 aliphatic heterocycles. The SMILES string of the molecule is NC(=S)C1(N2C(=O)C3CCCCC3C2=O)CCCC1. The molecular formula is C14H20N2O2S. The first-order valence-electron chi connectivity index (χ1n) is 7.26. The maximum absolute atomic E-state index is 12.6. The molecule has 2 atom stereocenters. The zero-order chi connectivity index (χ0) is 13.6. The Kier molecular flexibility index (Phi) is 3.12. The molecule has 5 heteroatoms. The molecule has 3 rings (SSSR count). The number of hydrogen-bond acceptors (Lipinski definition) is 3. The second-order valence-electron chi connectivity index (χ2n) is 6.11. The molecule has 2 saturated carbocycles. The molecule has 2 unspecified atom stereocenters. The van der Waals surface area contributed by atoms with Crippen LogP contribution in [0.1, 0.15) is 51.4 Å². The fourth-order valence-electron chi connectivity index (χ4n) is 4.12. The minimum Gasteiger partial charge on any atom is -0.391 e. The Labute approximate surface area is 118 Å². The van der Waals surface area contributed by atoms with Gasteiger partial charge in [-0.05, 0) is 25.7 Å². The van der Waals surface area contributed by atoms with Crippen LogP contribution in [-0.4, -0.2) is 27.2 Å². The van der Waals surface area contributed by atoms with Gasteiger partial charge in [-0.1, -0.05) is 37.9 Å². The normalized spacial score (nSPS) is 33.6. The Balaban J connectivity index is 1.97. The van der Waals surface area contributed by atoms with Crippen LogP contribution in [0.5, 0.6) is 0 Å². The van der Waals surface area contributed by atoms with Crippen molar-refractivity contribution >= 4 is 29.0 Å². The highest BCUT2D eigenvalue weighted by atomic mass is 32.1. The number of carbonyl (C=O) groups is 2. The molecular weight excluding hydrogens is 260 g/mol. The molecule has 3 fully saturated rings. The van der Waals surface area contributed by atoms with E-state index < -0.39 is 5.54 Å². The van der Waals surface area contributed by atoms with E-state index in [9.17, 15) is 9.59 Å². The van der Waals surface area contributed by atoms with Crippen LogP contribution in [0.3, 0.4) is 0 Å². The maximum Gasteiger partial charge on any atom is 0.233 e. The molecule has 2 N–H and O–H groups in total. The van der Waals surface area contributed by atoms with Crippen molar-refractivity contribution < 1.29 is 9.59 Å². The summed E-state index contributed by atoms with van der Waals surface area (Å²) in [5.74, 6) is -0.227. The van der Waals surface area contributed by atoms with Crippen molar-refractivity contribution in [3.63, 3.8) is 0 Å². The molecule has 2 aliphatic carbocycles. The van der Waals surface area contributed by atoms with Gasteiger partial charge in [-0.2, -0.15) is 0 Å². The molecule has 0 spiro atoms. The van der Waals surface area contributed by atoms with Crippen LogP contribution in [0, 0.1) is 11.8 Å². The number of hydrogen-bond donors (Lipinski definition) is 1. The molecule has 2 amide bonds. The molecule has 1 heterocycles. The molecule has 0 aromatic carbocycles. The highest BCUT2D eigenvalue weighted by molar-refractivity contribution is 7.80. The van der Waals surface area contributed by atoms with Crippen molar-refractivity contribution in [3.8, 4) is 0 Å². The van der Waals surface area contributed by atoms with Gasteiger partial charge in [0.05, 0.1) is 16.8 Å². The summed E-state index contributed by atoms with van der Waals surface area (Å²) >= 11 is 5.21. The fourth-order valence-corrected chi connectivity index (χ4v) is 4.42. The fraction of sp³-hybridized carbons (Fsp3) is 0.786. The van der Waals surface area contributed by atoms with Crippen LogP contribution >= 0.6 is 12.2 Å². The van der Waals surface area contributed by atoms with Gasteiger partial charge in [0.15, 0.2) is 0 Å². The lowest BCUT2D eigenvalue weighted by Gasteiger charge is -2.36. The van der Waals surface area contributed by atoms with Crippen LogP contribution in [0.2, 0.25) is 0 Å². The first kappa shape index (κ1) is 13.0. The van der Waals surface area contributed by atoms with Crippen LogP contribution in [-0.2, 0) is 9.59 Å². The van der Waals surface area contributed by atoms with Crippen LogP contribution in [0.25, 0.3) is 0 Å². The van der Waals surface area contributed by atoms with Crippen molar-refractivity contribution in [2.24, 2.45) is 17.6 Å². The van der Waals surface area contributed by atoms with Gasteiger partial charge in [0.1, 0.15) is 5.54 Å². The Hall–Kier alpha value is -0.970. The molecule has 104 valence electrons. The lowest BCUT2D eigenvalue weighted by atomic mass is 9.81. The first-order valence-corrected chi connectivity index (χ1v) is 7.66. The second-order valence-corrected chi connectivity index (χ2v) is 6.55. The lowest BCUT2D eigenvalue weighted by Crippen LogP contribution is -2.57. The van der Waals surface area contributed by atoms with E-state index in [4.69, 9.17) is 18.0 Å². The van der Waals surface area contributed by atoms with Gasteiger partial charge < -0.3 is 5.73 Å². The molecule has 0 aromatic heterocycles. The summed E-state index contributed by atoms with van der Waals surface area (Å²) in [5.41, 5.74) is 5.26. The van der Waals surface area contributed by atoms with Crippen molar-refractivity contribution in [1.29, 1.82) is 0 Å². The minimum absolute atomic E-state index is 0.00981. The predicted molar refractivity (Wildman–Crippen MR) is 75.3 cm³/mol. The summed E-state index contributed by atoms with van der Waals surface area (Å²) in [5, 5.41) is 0. The third-order valence-corrected chi connectivity index (χ3v) is 5.54. The number of nitrogens with two attached hydrogens (primary N) is 1. The molecule has 1 saturated heterocycles. The van der Waals surface area contributed by atoms with E-state index in [1.54, 1.807) is 0 Å². The largest absolute Gasteiger partial charge is 0.391 e. The van der Waals surface area contributed by atoms with Gasteiger partial charge in [-0.15, -0.1) is 0 Å². The second kappa shape index (κ2) is 4.54. The summed E-state index contributed by atoms with van der Waals surface area (Å²) in [6, 6.07) is 0. The van der Waals surface area contributed by atoms with Gasteiger partial charge in [0.25, 0.3) is 0 Å². The summed E-state index contributed by atoms with van der Waals surface area (Å²) < 4.78 is 0. The third kappa shape index (κ3) is 1.74. The molecule has 19 heavy (non-hydrogen) atoms. The molecule has 0 bridgehead atoms. The first-order chi connectivity index (χ1) is 9.08. The van der Waals surface area contributed by atoms with Crippen LogP contribution in [0.15, 0.2) is 0 Å². The van der Waals surface area contributed by atoms with Gasteiger partial charge in [0, 0.05) is 0 Å². The van der Waals surface area contributed by atoms with Crippen molar-refractivity contribution in [2.75, 3.05) is 0 Å². The zero-order valence-electron chi connectivity index (χ0n) is 11.1. The molecule has 3 aliphatic rings. The monoisotopic (exact) mass is 280 g/mol. The summed E-state index contributed by atoms with van der Waals surface area (Å²) in [6.45, 7) is 0. The Morgan fingerprint density at radius 1 is 1.05 bits per heavy atom. The number of likely N-dealkylation sites (tertiary alicyclic amines) is 1. The van der Waals surface area contributed by atoms with Crippen molar-refractivity contribution in [1.82, 2.24) is 4.90 Å². The number of nitrogens with zero attached hydrogens (tertiary/aromatic N) is 1. The molecule has 0 radical (unpaired) electrons. The number of fused-ring (bicyclic) bond motifs is 1. The minimum atomic E-state index is -0.652. The Morgan fingerprint density at radius 2 is 1.53 bits per heavy atom. The zero-order valence-corrected chi connectivity index (χ0v) is 11.9. The highest BCUT2D eigenvalue weighted by Gasteiger charge is 2.57. The predicted octanol–water partition coefficient (Wildman–Crippen LogP) is 1.76. The molecule has 4 nitrogen and oxygen atoms in total. The third-order valence-electron chi connectivity index (χ3n) is 5.16. The van der Waals surface area contributed by atoms with E-state index in [1.807, 2.05) is 0 Å². The average molecular weight is 280 g/mol. The van der Waals surface area contributed by atoms with Gasteiger partial charge in [0.2, 0.25) is 11.8 Å². The Bertz CT molecular complexity index is 419. The number of amides is 2. The van der Waals surface area contributed by atoms with E-state index in [-0.39, 0.29) is 23.7 Å². The number of thiocarbonyl (C=S) groups is 1. The van der Waals surface area contributed by atoms with Gasteiger partial charge >= 0.3 is 0 Å². The van der Waals surface area contributed by atoms with E-state index in [0.29, 0.717) is 4.99 Å². The standard InChI is InChI=1S/C14H20N2O2S/c15-13(19)14(7-3-4-8-14)16-11(17)9-5-1-2-6-10(9)12(16)18/h9-10H,1-8H2,(H2,15,19). The summed E-state index contributed by atoms with van der Waals surface area (Å²) in [4.78, 5) is 27.1. The summed E-state index contributed by atoms with van der Waals surface area (Å²) in [6.07, 6.45) is 7.27. The average Bonchev–Trinajstić information content (AvgIpc) is 2.97. The number of rotatable bonds is 2. The van der Waals surface area contributed by atoms with E-state index in [0.717, 1.165) is 51.4 Å². The smallest absolute Gasteiger partial charge is 0.233 e. The Morgan fingerprint density at radius 3 is 1.95 bits per heavy atom. The number of carbonyl (C=O) groups excluding carboxylic acids is 2. The van der Waals surface area contributed by atoms with E-state index in [1.165, 1.54) is 4.90 Å². The number of imide groups is 1.